The Morgan fingerprint density at radius 2 is 2.25 bits per heavy atom. The van der Waals surface area contributed by atoms with E-state index >= 15 is 0 Å². The topological polar surface area (TPSA) is 68.0 Å². The quantitative estimate of drug-likeness (QED) is 0.810. The number of aliphatic carboxylic acids is 1. The molecule has 106 valence electrons. The van der Waals surface area contributed by atoms with Gasteiger partial charge in [-0.25, -0.2) is 0 Å². The van der Waals surface area contributed by atoms with Crippen molar-refractivity contribution in [1.82, 2.24) is 14.8 Å². The highest BCUT2D eigenvalue weighted by atomic mass is 79.9. The Labute approximate surface area is 133 Å². The van der Waals surface area contributed by atoms with Crippen LogP contribution in [-0.2, 0) is 11.2 Å². The fourth-order valence-corrected chi connectivity index (χ4v) is 2.74. The van der Waals surface area contributed by atoms with E-state index in [-0.39, 0.29) is 5.75 Å². The first-order valence-corrected chi connectivity index (χ1v) is 7.93. The molecule has 0 aliphatic carbocycles. The zero-order chi connectivity index (χ0) is 14.7. The van der Waals surface area contributed by atoms with Crippen LogP contribution in [0.2, 0.25) is 5.02 Å². The van der Waals surface area contributed by atoms with E-state index in [1.165, 1.54) is 0 Å². The number of nitrogens with zero attached hydrogens (tertiary/aromatic N) is 3. The number of hydrogen-bond donors (Lipinski definition) is 1. The number of carboxylic acids is 1. The molecule has 8 heteroatoms. The summed E-state index contributed by atoms with van der Waals surface area (Å²) in [6.45, 7) is 1.96. The summed E-state index contributed by atoms with van der Waals surface area (Å²) in [6, 6.07) is 5.51. The summed E-state index contributed by atoms with van der Waals surface area (Å²) in [5, 5.41) is 18.0. The van der Waals surface area contributed by atoms with Crippen LogP contribution in [0.5, 0.6) is 0 Å². The summed E-state index contributed by atoms with van der Waals surface area (Å²) in [4.78, 5) is 10.7. The van der Waals surface area contributed by atoms with Gasteiger partial charge in [0.1, 0.15) is 5.82 Å². The van der Waals surface area contributed by atoms with Crippen molar-refractivity contribution in [3.8, 4) is 5.69 Å². The van der Waals surface area contributed by atoms with Crippen LogP contribution < -0.4 is 0 Å². The molecule has 1 aromatic heterocycles. The van der Waals surface area contributed by atoms with Crippen molar-refractivity contribution in [2.24, 2.45) is 0 Å². The predicted octanol–water partition coefficient (Wildman–Crippen LogP) is 3.42. The molecular weight excluding hydrogens is 366 g/mol. The highest BCUT2D eigenvalue weighted by Gasteiger charge is 2.15. The van der Waals surface area contributed by atoms with Crippen LogP contribution in [0.3, 0.4) is 0 Å². The van der Waals surface area contributed by atoms with Crippen LogP contribution in [0, 0.1) is 0 Å². The van der Waals surface area contributed by atoms with E-state index in [0.717, 1.165) is 27.7 Å². The third kappa shape index (κ3) is 3.34. The van der Waals surface area contributed by atoms with Gasteiger partial charge in [0, 0.05) is 10.9 Å². The smallest absolute Gasteiger partial charge is 0.313 e. The van der Waals surface area contributed by atoms with Gasteiger partial charge < -0.3 is 5.11 Å². The van der Waals surface area contributed by atoms with E-state index in [1.807, 2.05) is 23.6 Å². The van der Waals surface area contributed by atoms with Crippen molar-refractivity contribution in [2.75, 3.05) is 5.75 Å². The third-order valence-electron chi connectivity index (χ3n) is 2.50. The van der Waals surface area contributed by atoms with Crippen molar-refractivity contribution in [3.63, 3.8) is 0 Å². The maximum atomic E-state index is 10.7. The Morgan fingerprint density at radius 1 is 1.50 bits per heavy atom. The lowest BCUT2D eigenvalue weighted by atomic mass is 10.3. The number of aryl methyl sites for hydroxylation is 1. The average Bonchev–Trinajstić information content (AvgIpc) is 2.82. The highest BCUT2D eigenvalue weighted by Crippen LogP contribution is 2.28. The number of hydrogen-bond acceptors (Lipinski definition) is 4. The van der Waals surface area contributed by atoms with Crippen molar-refractivity contribution in [2.45, 2.75) is 18.5 Å². The first-order chi connectivity index (χ1) is 9.52. The van der Waals surface area contributed by atoms with Gasteiger partial charge in [-0.15, -0.1) is 10.2 Å². The minimum atomic E-state index is -0.892. The first kappa shape index (κ1) is 15.3. The molecule has 0 bridgehead atoms. The summed E-state index contributed by atoms with van der Waals surface area (Å²) < 4.78 is 2.63. The van der Waals surface area contributed by atoms with E-state index in [0.29, 0.717) is 16.6 Å². The van der Waals surface area contributed by atoms with E-state index in [2.05, 4.69) is 26.1 Å². The number of carbonyl (C=O) groups is 1. The highest BCUT2D eigenvalue weighted by molar-refractivity contribution is 9.10. The molecule has 0 atom stereocenters. The lowest BCUT2D eigenvalue weighted by molar-refractivity contribution is -0.133. The minimum Gasteiger partial charge on any atom is -0.481 e. The van der Waals surface area contributed by atoms with Crippen molar-refractivity contribution < 1.29 is 9.90 Å². The monoisotopic (exact) mass is 375 g/mol. The average molecular weight is 377 g/mol. The van der Waals surface area contributed by atoms with Gasteiger partial charge in [0.25, 0.3) is 0 Å². The van der Waals surface area contributed by atoms with E-state index in [9.17, 15) is 4.79 Å². The number of thioether (sulfide) groups is 1. The largest absolute Gasteiger partial charge is 0.481 e. The molecule has 0 aliphatic heterocycles. The lowest BCUT2D eigenvalue weighted by Gasteiger charge is -2.09. The molecule has 0 aliphatic rings. The number of benzene rings is 1. The molecule has 5 nitrogen and oxygen atoms in total. The standard InChI is InChI=1S/C12H11BrClN3O2S/c1-2-10-15-16-12(20-6-11(18)19)17(10)7-3-4-8(13)9(14)5-7/h3-5H,2,6H2,1H3,(H,18,19). The number of aromatic nitrogens is 3. The van der Waals surface area contributed by atoms with Crippen molar-refractivity contribution in [1.29, 1.82) is 0 Å². The molecule has 1 heterocycles. The second-order valence-corrected chi connectivity index (χ2v) is 6.07. The zero-order valence-electron chi connectivity index (χ0n) is 10.5. The Kier molecular flexibility index (Phi) is 5.06. The molecule has 0 radical (unpaired) electrons. The van der Waals surface area contributed by atoms with E-state index in [1.54, 1.807) is 6.07 Å². The zero-order valence-corrected chi connectivity index (χ0v) is 13.7. The second kappa shape index (κ2) is 6.60. The maximum absolute atomic E-state index is 10.7. The van der Waals surface area contributed by atoms with Crippen LogP contribution >= 0.6 is 39.3 Å². The van der Waals surface area contributed by atoms with Crippen LogP contribution in [0.4, 0.5) is 0 Å². The molecule has 1 aromatic carbocycles. The summed E-state index contributed by atoms with van der Waals surface area (Å²) in [5.74, 6) is -0.195. The number of halogens is 2. The van der Waals surface area contributed by atoms with Gasteiger partial charge in [0.15, 0.2) is 5.16 Å². The Balaban J connectivity index is 2.44. The first-order valence-electron chi connectivity index (χ1n) is 5.77. The molecule has 20 heavy (non-hydrogen) atoms. The lowest BCUT2D eigenvalue weighted by Crippen LogP contribution is -2.04. The Bertz CT molecular complexity index is 648. The molecule has 0 saturated carbocycles. The van der Waals surface area contributed by atoms with Gasteiger partial charge in [-0.3, -0.25) is 9.36 Å². The molecule has 2 aromatic rings. The van der Waals surface area contributed by atoms with Gasteiger partial charge in [-0.05, 0) is 34.1 Å². The van der Waals surface area contributed by atoms with Gasteiger partial charge in [0.2, 0.25) is 0 Å². The summed E-state index contributed by atoms with van der Waals surface area (Å²) in [7, 11) is 0. The SMILES string of the molecule is CCc1nnc(SCC(=O)O)n1-c1ccc(Br)c(Cl)c1. The maximum Gasteiger partial charge on any atom is 0.313 e. The Hall–Kier alpha value is -1.05. The van der Waals surface area contributed by atoms with Gasteiger partial charge in [-0.1, -0.05) is 30.3 Å². The minimum absolute atomic E-state index is 0.0634. The van der Waals surface area contributed by atoms with Crippen LogP contribution in [0.25, 0.3) is 5.69 Å². The summed E-state index contributed by atoms with van der Waals surface area (Å²) in [5.41, 5.74) is 0.813. The Morgan fingerprint density at radius 3 is 2.85 bits per heavy atom. The van der Waals surface area contributed by atoms with Gasteiger partial charge in [0.05, 0.1) is 16.5 Å². The van der Waals surface area contributed by atoms with E-state index in [4.69, 9.17) is 16.7 Å². The van der Waals surface area contributed by atoms with Crippen molar-refractivity contribution >= 4 is 45.3 Å². The molecule has 0 amide bonds. The molecule has 0 saturated heterocycles. The summed E-state index contributed by atoms with van der Waals surface area (Å²) >= 11 is 10.6. The number of rotatable bonds is 5. The number of carboxylic acid groups (broad SMARTS) is 1. The second-order valence-electron chi connectivity index (χ2n) is 3.87. The fourth-order valence-electron chi connectivity index (χ4n) is 1.63. The molecule has 0 fully saturated rings. The fraction of sp³-hybridized carbons (Fsp3) is 0.250. The van der Waals surface area contributed by atoms with Crippen LogP contribution in [0.15, 0.2) is 27.8 Å². The van der Waals surface area contributed by atoms with Crippen LogP contribution in [0.1, 0.15) is 12.7 Å². The molecule has 0 unspecified atom stereocenters. The van der Waals surface area contributed by atoms with E-state index < -0.39 is 5.97 Å². The molecule has 1 N–H and O–H groups in total. The van der Waals surface area contributed by atoms with Crippen LogP contribution in [-0.4, -0.2) is 31.6 Å². The molecular formula is C12H11BrClN3O2S. The molecule has 0 spiro atoms. The van der Waals surface area contributed by atoms with Gasteiger partial charge >= 0.3 is 5.97 Å². The normalized spacial score (nSPS) is 10.8. The third-order valence-corrected chi connectivity index (χ3v) is 4.65. The summed E-state index contributed by atoms with van der Waals surface area (Å²) in [6.07, 6.45) is 0.689. The molecule has 2 rings (SSSR count). The van der Waals surface area contributed by atoms with Crippen molar-refractivity contribution in [3.05, 3.63) is 33.5 Å². The predicted molar refractivity (Wildman–Crippen MR) is 81.8 cm³/mol. The van der Waals surface area contributed by atoms with Gasteiger partial charge in [-0.2, -0.15) is 0 Å².